The number of nitrogens with one attached hydrogen (secondary N) is 2. The molecule has 2 amide bonds. The predicted molar refractivity (Wildman–Crippen MR) is 149 cm³/mol. The fourth-order valence-electron chi connectivity index (χ4n) is 4.67. The number of para-hydroxylation sites is 2. The van der Waals surface area contributed by atoms with Gasteiger partial charge in [-0.1, -0.05) is 48.2 Å². The first-order valence-electron chi connectivity index (χ1n) is 12.3. The number of halogens is 1. The van der Waals surface area contributed by atoms with Crippen LogP contribution in [0.25, 0.3) is 0 Å². The second kappa shape index (κ2) is 11.1. The zero-order valence-corrected chi connectivity index (χ0v) is 21.8. The van der Waals surface area contributed by atoms with Crippen molar-refractivity contribution in [2.24, 2.45) is 4.99 Å². The van der Waals surface area contributed by atoms with E-state index < -0.39 is 17.8 Å². The van der Waals surface area contributed by atoms with Crippen LogP contribution in [0.15, 0.2) is 89.1 Å². The molecule has 1 unspecified atom stereocenters. The minimum atomic E-state index is -0.589. The first-order chi connectivity index (χ1) is 18.5. The summed E-state index contributed by atoms with van der Waals surface area (Å²) in [4.78, 5) is 33.4. The van der Waals surface area contributed by atoms with Crippen LogP contribution in [0, 0.1) is 5.82 Å². The lowest BCUT2D eigenvalue weighted by atomic mass is 9.93. The Bertz CT molecular complexity index is 1450. The summed E-state index contributed by atoms with van der Waals surface area (Å²) in [6.45, 7) is 2.58. The second-order valence-electron chi connectivity index (χ2n) is 8.91. The second-order valence-corrected chi connectivity index (χ2v) is 9.97. The van der Waals surface area contributed by atoms with E-state index in [9.17, 15) is 14.0 Å². The van der Waals surface area contributed by atoms with Crippen molar-refractivity contribution in [2.45, 2.75) is 19.4 Å². The minimum Gasteiger partial charge on any atom is -0.495 e. The van der Waals surface area contributed by atoms with Crippen molar-refractivity contribution in [1.29, 1.82) is 0 Å². The third-order valence-corrected chi connectivity index (χ3v) is 7.51. The Kier molecular flexibility index (Phi) is 7.46. The molecule has 38 heavy (non-hydrogen) atoms. The van der Waals surface area contributed by atoms with Gasteiger partial charge in [0.05, 0.1) is 35.7 Å². The van der Waals surface area contributed by atoms with Crippen molar-refractivity contribution in [2.75, 3.05) is 30.0 Å². The lowest BCUT2D eigenvalue weighted by Crippen LogP contribution is -2.43. The molecular weight excluding hydrogens is 503 g/mol. The number of allylic oxidation sites excluding steroid dienone is 1. The molecule has 0 spiro atoms. The average Bonchev–Trinajstić information content (AvgIpc) is 2.92. The Balaban J connectivity index is 1.50. The van der Waals surface area contributed by atoms with Gasteiger partial charge in [0.1, 0.15) is 11.6 Å². The van der Waals surface area contributed by atoms with Crippen molar-refractivity contribution in [1.82, 2.24) is 4.90 Å². The number of hydrogen-bond donors (Lipinski definition) is 2. The number of ether oxygens (including phenoxy) is 1. The molecular formula is C29H27FN4O3S. The van der Waals surface area contributed by atoms with Gasteiger partial charge in [-0.25, -0.2) is 9.38 Å². The monoisotopic (exact) mass is 530 g/mol. The van der Waals surface area contributed by atoms with Crippen molar-refractivity contribution in [3.8, 4) is 5.75 Å². The highest BCUT2D eigenvalue weighted by molar-refractivity contribution is 8.13. The summed E-state index contributed by atoms with van der Waals surface area (Å²) in [7, 11) is 1.56. The highest BCUT2D eigenvalue weighted by Crippen LogP contribution is 2.40. The van der Waals surface area contributed by atoms with Gasteiger partial charge >= 0.3 is 0 Å². The van der Waals surface area contributed by atoms with E-state index in [1.54, 1.807) is 43.1 Å². The van der Waals surface area contributed by atoms with Crippen LogP contribution < -0.4 is 15.4 Å². The van der Waals surface area contributed by atoms with E-state index in [1.807, 2.05) is 37.3 Å². The Hall–Kier alpha value is -4.11. The van der Waals surface area contributed by atoms with Crippen molar-refractivity contribution >= 4 is 40.1 Å². The molecule has 0 saturated carbocycles. The Morgan fingerprint density at radius 1 is 1.03 bits per heavy atom. The zero-order chi connectivity index (χ0) is 26.6. The van der Waals surface area contributed by atoms with Gasteiger partial charge in [-0.15, -0.1) is 0 Å². The number of amides is 2. The first kappa shape index (κ1) is 25.5. The van der Waals surface area contributed by atoms with Crippen LogP contribution in [0.4, 0.5) is 15.8 Å². The molecule has 5 rings (SSSR count). The van der Waals surface area contributed by atoms with Crippen LogP contribution in [0.5, 0.6) is 5.75 Å². The maximum absolute atomic E-state index is 14.2. The predicted octanol–water partition coefficient (Wildman–Crippen LogP) is 5.85. The summed E-state index contributed by atoms with van der Waals surface area (Å²) >= 11 is 1.67. The smallest absolute Gasteiger partial charge is 0.258 e. The molecule has 3 aromatic carbocycles. The molecule has 1 atom stereocenters. The molecule has 3 aromatic rings. The van der Waals surface area contributed by atoms with Gasteiger partial charge in [0, 0.05) is 18.0 Å². The number of amidine groups is 1. The molecule has 1 fully saturated rings. The van der Waals surface area contributed by atoms with E-state index in [-0.39, 0.29) is 11.5 Å². The topological polar surface area (TPSA) is 83.0 Å². The molecule has 0 bridgehead atoms. The van der Waals surface area contributed by atoms with Crippen LogP contribution >= 0.6 is 11.8 Å². The van der Waals surface area contributed by atoms with Crippen LogP contribution in [0.1, 0.15) is 35.3 Å². The Labute approximate surface area is 224 Å². The van der Waals surface area contributed by atoms with Crippen LogP contribution in [-0.2, 0) is 4.79 Å². The molecule has 2 aliphatic heterocycles. The van der Waals surface area contributed by atoms with E-state index in [4.69, 9.17) is 9.73 Å². The van der Waals surface area contributed by atoms with Gasteiger partial charge in [0.15, 0.2) is 5.17 Å². The average molecular weight is 531 g/mol. The molecule has 0 radical (unpaired) electrons. The molecule has 2 N–H and O–H groups in total. The maximum Gasteiger partial charge on any atom is 0.258 e. The standard InChI is InChI=1S/C29H27FN4O3S/c1-18-25(28(36)33-23-13-5-6-14-24(23)37-2)26(34-15-8-16-38-29(34)31-18)19-9-7-10-20(17-19)32-27(35)21-11-3-4-12-22(21)30/h3-7,9-14,17,26H,8,15-16H2,1-2H3,(H,32,35)(H,33,36). The third kappa shape index (κ3) is 5.15. The molecule has 0 aliphatic carbocycles. The Morgan fingerprint density at radius 2 is 1.82 bits per heavy atom. The third-order valence-electron chi connectivity index (χ3n) is 6.44. The summed E-state index contributed by atoms with van der Waals surface area (Å²) in [5.41, 5.74) is 2.99. The summed E-state index contributed by atoms with van der Waals surface area (Å²) in [6, 6.07) is 20.0. The van der Waals surface area contributed by atoms with Crippen LogP contribution in [0.2, 0.25) is 0 Å². The number of carbonyl (C=O) groups is 2. The minimum absolute atomic E-state index is 0.0370. The van der Waals surface area contributed by atoms with Crippen molar-refractivity contribution in [3.05, 3.63) is 101 Å². The molecule has 7 nitrogen and oxygen atoms in total. The van der Waals surface area contributed by atoms with Gasteiger partial charge in [-0.2, -0.15) is 0 Å². The molecule has 2 heterocycles. The summed E-state index contributed by atoms with van der Waals surface area (Å²) in [5, 5.41) is 6.66. The number of nitrogens with zero attached hydrogens (tertiary/aromatic N) is 2. The quantitative estimate of drug-likeness (QED) is 0.418. The van der Waals surface area contributed by atoms with Crippen LogP contribution in [-0.4, -0.2) is 41.3 Å². The fourth-order valence-corrected chi connectivity index (χ4v) is 5.69. The molecule has 1 saturated heterocycles. The normalized spacial score (nSPS) is 16.9. The number of rotatable bonds is 6. The van der Waals surface area contributed by atoms with Gasteiger partial charge < -0.3 is 20.3 Å². The number of fused-ring (bicyclic) bond motifs is 1. The number of hydrogen-bond acceptors (Lipinski definition) is 6. The highest BCUT2D eigenvalue weighted by atomic mass is 32.2. The number of aliphatic imine (C=N–C) groups is 1. The summed E-state index contributed by atoms with van der Waals surface area (Å²) in [6.07, 6.45) is 0.949. The first-order valence-corrected chi connectivity index (χ1v) is 13.2. The fraction of sp³-hybridized carbons (Fsp3) is 0.207. The number of benzene rings is 3. The van der Waals surface area contributed by atoms with Gasteiger partial charge in [0.2, 0.25) is 0 Å². The highest BCUT2D eigenvalue weighted by Gasteiger charge is 2.37. The van der Waals surface area contributed by atoms with Gasteiger partial charge in [-0.3, -0.25) is 9.59 Å². The summed E-state index contributed by atoms with van der Waals surface area (Å²) < 4.78 is 19.6. The number of anilines is 2. The number of methoxy groups -OCH3 is 1. The summed E-state index contributed by atoms with van der Waals surface area (Å²) in [5.74, 6) is 0.101. The SMILES string of the molecule is COc1ccccc1NC(=O)C1=C(C)N=C2SCCCN2C1c1cccc(NC(=O)c2ccccc2F)c1. The zero-order valence-electron chi connectivity index (χ0n) is 21.0. The lowest BCUT2D eigenvalue weighted by molar-refractivity contribution is -0.113. The lowest BCUT2D eigenvalue weighted by Gasteiger charge is -2.41. The van der Waals surface area contributed by atoms with E-state index in [1.165, 1.54) is 18.2 Å². The largest absolute Gasteiger partial charge is 0.495 e. The number of carbonyl (C=O) groups excluding carboxylic acids is 2. The maximum atomic E-state index is 14.2. The number of thioether (sulfide) groups is 1. The molecule has 0 aromatic heterocycles. The van der Waals surface area contributed by atoms with Gasteiger partial charge in [-0.05, 0) is 55.3 Å². The molecule has 9 heteroatoms. The van der Waals surface area contributed by atoms with Gasteiger partial charge in [0.25, 0.3) is 11.8 Å². The van der Waals surface area contributed by atoms with Crippen LogP contribution in [0.3, 0.4) is 0 Å². The Morgan fingerprint density at radius 3 is 2.63 bits per heavy atom. The van der Waals surface area contributed by atoms with E-state index >= 15 is 0 Å². The van der Waals surface area contributed by atoms with Crippen molar-refractivity contribution < 1.29 is 18.7 Å². The van der Waals surface area contributed by atoms with Crippen molar-refractivity contribution in [3.63, 3.8) is 0 Å². The van der Waals surface area contributed by atoms with E-state index in [0.717, 1.165) is 29.4 Å². The van der Waals surface area contributed by atoms with E-state index in [0.29, 0.717) is 28.4 Å². The molecule has 2 aliphatic rings. The molecule has 194 valence electrons. The van der Waals surface area contributed by atoms with E-state index in [2.05, 4.69) is 15.5 Å².